The predicted octanol–water partition coefficient (Wildman–Crippen LogP) is 2.46. The first-order valence-electron chi connectivity index (χ1n) is 8.08. The van der Waals surface area contributed by atoms with Gasteiger partial charge in [-0.3, -0.25) is 13.9 Å². The molecule has 1 aromatic heterocycles. The fraction of sp³-hybridized carbons (Fsp3) is 0.263. The topological polar surface area (TPSA) is 65.3 Å². The summed E-state index contributed by atoms with van der Waals surface area (Å²) >= 11 is 0. The second kappa shape index (κ2) is 6.84. The second-order valence-corrected chi connectivity index (χ2v) is 5.96. The van der Waals surface area contributed by atoms with Crippen molar-refractivity contribution >= 4 is 22.6 Å². The Labute approximate surface area is 145 Å². The van der Waals surface area contributed by atoms with Gasteiger partial charge in [0, 0.05) is 26.2 Å². The molecular formula is C19H21N3O3. The van der Waals surface area contributed by atoms with Crippen molar-refractivity contribution in [2.45, 2.75) is 12.8 Å². The quantitative estimate of drug-likeness (QED) is 0.776. The van der Waals surface area contributed by atoms with Gasteiger partial charge in [0.1, 0.15) is 5.75 Å². The Morgan fingerprint density at radius 3 is 2.56 bits per heavy atom. The molecule has 0 bridgehead atoms. The number of carbonyl (C=O) groups excluding carboxylic acids is 1. The van der Waals surface area contributed by atoms with Gasteiger partial charge in [0.25, 0.3) is 0 Å². The number of methoxy groups -OCH3 is 1. The average Bonchev–Trinajstić information content (AvgIpc) is 2.84. The van der Waals surface area contributed by atoms with Crippen LogP contribution in [-0.4, -0.2) is 22.2 Å². The highest BCUT2D eigenvalue weighted by Crippen LogP contribution is 2.20. The third kappa shape index (κ3) is 3.28. The number of rotatable bonds is 5. The van der Waals surface area contributed by atoms with Gasteiger partial charge in [-0.05, 0) is 36.2 Å². The average molecular weight is 339 g/mol. The number of benzene rings is 2. The van der Waals surface area contributed by atoms with E-state index in [1.165, 1.54) is 0 Å². The summed E-state index contributed by atoms with van der Waals surface area (Å²) in [6.07, 6.45) is 0.952. The monoisotopic (exact) mass is 339 g/mol. The number of amides is 1. The number of ether oxygens (including phenoxy) is 1. The summed E-state index contributed by atoms with van der Waals surface area (Å²) < 4.78 is 8.46. The normalized spacial score (nSPS) is 10.8. The molecule has 1 amide bonds. The highest BCUT2D eigenvalue weighted by Gasteiger charge is 2.10. The van der Waals surface area contributed by atoms with Crippen LogP contribution < -0.4 is 15.7 Å². The number of aryl methyl sites for hydroxylation is 3. The molecule has 0 aliphatic heterocycles. The highest BCUT2D eigenvalue weighted by atomic mass is 16.5. The maximum atomic E-state index is 12.3. The standard InChI is InChI=1S/C19H21N3O3/c1-21-15-10-9-14(12-16(15)22(2)19(21)24)20-18(23)11-8-13-6-4-5-7-17(13)25-3/h4-7,9-10,12H,8,11H2,1-3H3,(H,20,23). The summed E-state index contributed by atoms with van der Waals surface area (Å²) in [6, 6.07) is 13.1. The van der Waals surface area contributed by atoms with E-state index in [1.807, 2.05) is 42.5 Å². The van der Waals surface area contributed by atoms with E-state index < -0.39 is 0 Å². The largest absolute Gasteiger partial charge is 0.496 e. The van der Waals surface area contributed by atoms with Crippen molar-refractivity contribution in [3.05, 3.63) is 58.5 Å². The van der Waals surface area contributed by atoms with Crippen molar-refractivity contribution < 1.29 is 9.53 Å². The van der Waals surface area contributed by atoms with Gasteiger partial charge in [-0.2, -0.15) is 0 Å². The van der Waals surface area contributed by atoms with Crippen LogP contribution in [0.4, 0.5) is 5.69 Å². The van der Waals surface area contributed by atoms with Crippen molar-refractivity contribution in [3.8, 4) is 5.75 Å². The Kier molecular flexibility index (Phi) is 4.61. The summed E-state index contributed by atoms with van der Waals surface area (Å²) in [6.45, 7) is 0. The third-order valence-corrected chi connectivity index (χ3v) is 4.37. The molecule has 0 unspecified atom stereocenters. The SMILES string of the molecule is COc1ccccc1CCC(=O)Nc1ccc2c(c1)n(C)c(=O)n2C. The minimum Gasteiger partial charge on any atom is -0.496 e. The molecule has 0 atom stereocenters. The molecule has 130 valence electrons. The van der Waals surface area contributed by atoms with E-state index in [9.17, 15) is 9.59 Å². The number of hydrogen-bond acceptors (Lipinski definition) is 3. The highest BCUT2D eigenvalue weighted by molar-refractivity contribution is 5.93. The van der Waals surface area contributed by atoms with Crippen molar-refractivity contribution in [1.29, 1.82) is 0 Å². The Morgan fingerprint density at radius 2 is 1.80 bits per heavy atom. The summed E-state index contributed by atoms with van der Waals surface area (Å²) in [4.78, 5) is 24.2. The van der Waals surface area contributed by atoms with Gasteiger partial charge >= 0.3 is 5.69 Å². The van der Waals surface area contributed by atoms with Gasteiger partial charge in [0.05, 0.1) is 18.1 Å². The number of anilines is 1. The van der Waals surface area contributed by atoms with E-state index in [2.05, 4.69) is 5.32 Å². The van der Waals surface area contributed by atoms with Crippen molar-refractivity contribution in [2.24, 2.45) is 14.1 Å². The molecular weight excluding hydrogens is 318 g/mol. The number of imidazole rings is 1. The lowest BCUT2D eigenvalue weighted by molar-refractivity contribution is -0.116. The van der Waals surface area contributed by atoms with Crippen LogP contribution in [0.15, 0.2) is 47.3 Å². The van der Waals surface area contributed by atoms with E-state index in [-0.39, 0.29) is 11.6 Å². The Morgan fingerprint density at radius 1 is 1.08 bits per heavy atom. The summed E-state index contributed by atoms with van der Waals surface area (Å²) in [5.41, 5.74) is 3.21. The van der Waals surface area contributed by atoms with Crippen molar-refractivity contribution in [3.63, 3.8) is 0 Å². The summed E-state index contributed by atoms with van der Waals surface area (Å²) in [7, 11) is 5.08. The zero-order valence-electron chi connectivity index (χ0n) is 14.6. The molecule has 6 nitrogen and oxygen atoms in total. The smallest absolute Gasteiger partial charge is 0.328 e. The number of carbonyl (C=O) groups is 1. The number of nitrogens with one attached hydrogen (secondary N) is 1. The number of hydrogen-bond donors (Lipinski definition) is 1. The number of fused-ring (bicyclic) bond motifs is 1. The molecule has 1 heterocycles. The zero-order valence-corrected chi connectivity index (χ0v) is 14.6. The van der Waals surface area contributed by atoms with Crippen LogP contribution in [0, 0.1) is 0 Å². The molecule has 0 saturated heterocycles. The van der Waals surface area contributed by atoms with Gasteiger partial charge in [-0.15, -0.1) is 0 Å². The molecule has 0 saturated carbocycles. The van der Waals surface area contributed by atoms with E-state index in [0.717, 1.165) is 22.3 Å². The van der Waals surface area contributed by atoms with Crippen LogP contribution in [0.25, 0.3) is 11.0 Å². The Bertz CT molecular complexity index is 985. The van der Waals surface area contributed by atoms with Crippen LogP contribution in [0.2, 0.25) is 0 Å². The molecule has 0 aliphatic rings. The maximum absolute atomic E-state index is 12.3. The third-order valence-electron chi connectivity index (χ3n) is 4.37. The van der Waals surface area contributed by atoms with Gasteiger partial charge < -0.3 is 10.1 Å². The van der Waals surface area contributed by atoms with Crippen molar-refractivity contribution in [2.75, 3.05) is 12.4 Å². The van der Waals surface area contributed by atoms with E-state index in [0.29, 0.717) is 18.5 Å². The molecule has 3 aromatic rings. The van der Waals surface area contributed by atoms with Gasteiger partial charge in [0.2, 0.25) is 5.91 Å². The molecule has 0 spiro atoms. The number of aromatic nitrogens is 2. The van der Waals surface area contributed by atoms with Crippen LogP contribution >= 0.6 is 0 Å². The number of para-hydroxylation sites is 1. The zero-order chi connectivity index (χ0) is 18.0. The van der Waals surface area contributed by atoms with Crippen molar-refractivity contribution in [1.82, 2.24) is 9.13 Å². The van der Waals surface area contributed by atoms with Crippen LogP contribution in [0.3, 0.4) is 0 Å². The fourth-order valence-electron chi connectivity index (χ4n) is 2.97. The minimum atomic E-state index is -0.0883. The van der Waals surface area contributed by atoms with Crippen LogP contribution in [0.1, 0.15) is 12.0 Å². The molecule has 3 rings (SSSR count). The lowest BCUT2D eigenvalue weighted by Gasteiger charge is -2.09. The lowest BCUT2D eigenvalue weighted by atomic mass is 10.1. The van der Waals surface area contributed by atoms with Crippen LogP contribution in [0.5, 0.6) is 5.75 Å². The fourth-order valence-corrected chi connectivity index (χ4v) is 2.97. The Hall–Kier alpha value is -3.02. The molecule has 2 aromatic carbocycles. The van der Waals surface area contributed by atoms with Gasteiger partial charge in [-0.1, -0.05) is 18.2 Å². The molecule has 0 aliphatic carbocycles. The van der Waals surface area contributed by atoms with Crippen LogP contribution in [-0.2, 0) is 25.3 Å². The molecule has 0 fully saturated rings. The maximum Gasteiger partial charge on any atom is 0.328 e. The predicted molar refractivity (Wildman–Crippen MR) is 98.1 cm³/mol. The first kappa shape index (κ1) is 16.8. The van der Waals surface area contributed by atoms with E-state index in [1.54, 1.807) is 30.3 Å². The van der Waals surface area contributed by atoms with E-state index in [4.69, 9.17) is 4.74 Å². The summed E-state index contributed by atoms with van der Waals surface area (Å²) in [5, 5.41) is 2.89. The molecule has 25 heavy (non-hydrogen) atoms. The Balaban J connectivity index is 1.72. The molecule has 0 radical (unpaired) electrons. The first-order chi connectivity index (χ1) is 12.0. The summed E-state index contributed by atoms with van der Waals surface area (Å²) in [5.74, 6) is 0.710. The lowest BCUT2D eigenvalue weighted by Crippen LogP contribution is -2.19. The van der Waals surface area contributed by atoms with Gasteiger partial charge in [-0.25, -0.2) is 4.79 Å². The molecule has 1 N–H and O–H groups in total. The molecule has 6 heteroatoms. The second-order valence-electron chi connectivity index (χ2n) is 5.96. The van der Waals surface area contributed by atoms with Gasteiger partial charge in [0.15, 0.2) is 0 Å². The minimum absolute atomic E-state index is 0.0776. The van der Waals surface area contributed by atoms with E-state index >= 15 is 0 Å². The number of nitrogens with zero attached hydrogens (tertiary/aromatic N) is 2. The first-order valence-corrected chi connectivity index (χ1v) is 8.08.